The van der Waals surface area contributed by atoms with Crippen LogP contribution < -0.4 is 10.6 Å². The number of H-pyrrole nitrogens is 1. The number of benzene rings is 1. The van der Waals surface area contributed by atoms with Crippen molar-refractivity contribution in [3.63, 3.8) is 0 Å². The number of carbonyl (C=O) groups excluding carboxylic acids is 1. The van der Waals surface area contributed by atoms with Gasteiger partial charge in [-0.25, -0.2) is 9.18 Å². The van der Waals surface area contributed by atoms with Crippen LogP contribution in [0.2, 0.25) is 0 Å². The van der Waals surface area contributed by atoms with Gasteiger partial charge in [-0.15, -0.1) is 0 Å². The second-order valence-electron chi connectivity index (χ2n) is 5.07. The van der Waals surface area contributed by atoms with Gasteiger partial charge in [-0.05, 0) is 43.5 Å². The number of rotatable bonds is 6. The van der Waals surface area contributed by atoms with Gasteiger partial charge in [0.15, 0.2) is 0 Å². The fourth-order valence-corrected chi connectivity index (χ4v) is 2.22. The van der Waals surface area contributed by atoms with Crippen LogP contribution in [0.25, 0.3) is 10.9 Å². The molecule has 0 aliphatic rings. The van der Waals surface area contributed by atoms with Gasteiger partial charge in [0, 0.05) is 36.3 Å². The standard InChI is InChI=1S/C15H20FN3O2/c1-10(5-7-20)19-15(21)17-6-4-11-9-18-14-8-12(16)2-3-13(11)14/h2-3,8-10,18,20H,4-7H2,1H3,(H2,17,19,21)/t10-/m1/s1. The number of hydrogen-bond acceptors (Lipinski definition) is 2. The minimum Gasteiger partial charge on any atom is -0.396 e. The van der Waals surface area contributed by atoms with Crippen molar-refractivity contribution >= 4 is 16.9 Å². The molecule has 2 aromatic rings. The summed E-state index contributed by atoms with van der Waals surface area (Å²) in [5.41, 5.74) is 1.79. The van der Waals surface area contributed by atoms with Crippen LogP contribution in [0.15, 0.2) is 24.4 Å². The molecule has 0 saturated carbocycles. The van der Waals surface area contributed by atoms with E-state index in [0.29, 0.717) is 19.4 Å². The van der Waals surface area contributed by atoms with Gasteiger partial charge in [-0.2, -0.15) is 0 Å². The average Bonchev–Trinajstić information content (AvgIpc) is 2.81. The molecule has 5 nitrogen and oxygen atoms in total. The number of aliphatic hydroxyl groups is 1. The van der Waals surface area contributed by atoms with E-state index < -0.39 is 0 Å². The Hall–Kier alpha value is -2.08. The summed E-state index contributed by atoms with van der Waals surface area (Å²) in [5.74, 6) is -0.272. The monoisotopic (exact) mass is 293 g/mol. The molecule has 0 bridgehead atoms. The second kappa shape index (κ2) is 7.08. The highest BCUT2D eigenvalue weighted by molar-refractivity contribution is 5.83. The number of fused-ring (bicyclic) bond motifs is 1. The zero-order valence-corrected chi connectivity index (χ0v) is 11.9. The van der Waals surface area contributed by atoms with Crippen LogP contribution >= 0.6 is 0 Å². The first kappa shape index (κ1) is 15.3. The molecule has 1 aromatic carbocycles. The third kappa shape index (κ3) is 4.19. The zero-order chi connectivity index (χ0) is 15.2. The van der Waals surface area contributed by atoms with Crippen LogP contribution in [-0.4, -0.2) is 35.3 Å². The summed E-state index contributed by atoms with van der Waals surface area (Å²) in [7, 11) is 0. The number of nitrogens with one attached hydrogen (secondary N) is 3. The summed E-state index contributed by atoms with van der Waals surface area (Å²) in [6, 6.07) is 4.30. The molecule has 0 saturated heterocycles. The average molecular weight is 293 g/mol. The summed E-state index contributed by atoms with van der Waals surface area (Å²) < 4.78 is 13.1. The van der Waals surface area contributed by atoms with Crippen LogP contribution in [0.1, 0.15) is 18.9 Å². The molecule has 4 N–H and O–H groups in total. The number of amides is 2. The molecular formula is C15H20FN3O2. The molecule has 1 atom stereocenters. The first-order chi connectivity index (χ1) is 10.1. The molecule has 1 heterocycles. The fraction of sp³-hybridized carbons (Fsp3) is 0.400. The number of aliphatic hydroxyl groups excluding tert-OH is 1. The highest BCUT2D eigenvalue weighted by Gasteiger charge is 2.07. The number of hydrogen-bond donors (Lipinski definition) is 4. The van der Waals surface area contributed by atoms with Crippen molar-refractivity contribution in [3.05, 3.63) is 35.8 Å². The zero-order valence-electron chi connectivity index (χ0n) is 11.9. The van der Waals surface area contributed by atoms with E-state index in [9.17, 15) is 9.18 Å². The summed E-state index contributed by atoms with van der Waals surface area (Å²) in [6.07, 6.45) is 3.02. The van der Waals surface area contributed by atoms with Crippen molar-refractivity contribution in [1.29, 1.82) is 0 Å². The van der Waals surface area contributed by atoms with E-state index in [1.807, 2.05) is 13.1 Å². The molecule has 0 fully saturated rings. The van der Waals surface area contributed by atoms with Crippen molar-refractivity contribution in [2.75, 3.05) is 13.2 Å². The maximum Gasteiger partial charge on any atom is 0.315 e. The lowest BCUT2D eigenvalue weighted by Gasteiger charge is -2.13. The van der Waals surface area contributed by atoms with Crippen molar-refractivity contribution in [2.45, 2.75) is 25.8 Å². The molecule has 0 aliphatic heterocycles. The van der Waals surface area contributed by atoms with Gasteiger partial charge in [0.2, 0.25) is 0 Å². The van der Waals surface area contributed by atoms with E-state index in [4.69, 9.17) is 5.11 Å². The molecule has 0 spiro atoms. The lowest BCUT2D eigenvalue weighted by molar-refractivity contribution is 0.231. The molecule has 2 rings (SSSR count). The van der Waals surface area contributed by atoms with Gasteiger partial charge in [0.25, 0.3) is 0 Å². The summed E-state index contributed by atoms with van der Waals surface area (Å²) >= 11 is 0. The van der Waals surface area contributed by atoms with E-state index in [2.05, 4.69) is 15.6 Å². The molecule has 0 radical (unpaired) electrons. The highest BCUT2D eigenvalue weighted by Crippen LogP contribution is 2.19. The van der Waals surface area contributed by atoms with Crippen molar-refractivity contribution < 1.29 is 14.3 Å². The second-order valence-corrected chi connectivity index (χ2v) is 5.07. The molecular weight excluding hydrogens is 273 g/mol. The Balaban J connectivity index is 1.84. The Kier molecular flexibility index (Phi) is 5.16. The molecule has 2 amide bonds. The van der Waals surface area contributed by atoms with Crippen LogP contribution in [0, 0.1) is 5.82 Å². The third-order valence-electron chi connectivity index (χ3n) is 3.35. The van der Waals surface area contributed by atoms with E-state index in [-0.39, 0.29) is 24.5 Å². The van der Waals surface area contributed by atoms with Crippen molar-refractivity contribution in [3.8, 4) is 0 Å². The van der Waals surface area contributed by atoms with Crippen molar-refractivity contribution in [2.24, 2.45) is 0 Å². The molecule has 0 aliphatic carbocycles. The predicted octanol–water partition coefficient (Wildman–Crippen LogP) is 1.92. The topological polar surface area (TPSA) is 77.2 Å². The maximum absolute atomic E-state index is 13.1. The Morgan fingerprint density at radius 1 is 1.48 bits per heavy atom. The van der Waals surface area contributed by atoms with Gasteiger partial charge in [-0.1, -0.05) is 0 Å². The largest absolute Gasteiger partial charge is 0.396 e. The number of aromatic nitrogens is 1. The van der Waals surface area contributed by atoms with E-state index in [0.717, 1.165) is 16.5 Å². The Bertz CT molecular complexity index is 612. The molecule has 6 heteroatoms. The van der Waals surface area contributed by atoms with Gasteiger partial charge < -0.3 is 20.7 Å². The third-order valence-corrected chi connectivity index (χ3v) is 3.35. The molecule has 21 heavy (non-hydrogen) atoms. The Labute approximate surface area is 122 Å². The maximum atomic E-state index is 13.1. The smallest absolute Gasteiger partial charge is 0.315 e. The van der Waals surface area contributed by atoms with Gasteiger partial charge >= 0.3 is 6.03 Å². The molecule has 1 aromatic heterocycles. The van der Waals surface area contributed by atoms with Crippen LogP contribution in [0.4, 0.5) is 9.18 Å². The van der Waals surface area contributed by atoms with E-state index in [1.54, 1.807) is 6.07 Å². The number of urea groups is 1. The molecule has 114 valence electrons. The first-order valence-electron chi connectivity index (χ1n) is 7.01. The van der Waals surface area contributed by atoms with Gasteiger partial charge in [0.1, 0.15) is 5.82 Å². The van der Waals surface area contributed by atoms with E-state index >= 15 is 0 Å². The number of carbonyl (C=O) groups is 1. The lowest BCUT2D eigenvalue weighted by atomic mass is 10.1. The lowest BCUT2D eigenvalue weighted by Crippen LogP contribution is -2.41. The first-order valence-corrected chi connectivity index (χ1v) is 7.01. The Morgan fingerprint density at radius 2 is 2.29 bits per heavy atom. The summed E-state index contributed by atoms with van der Waals surface area (Å²) in [4.78, 5) is 14.6. The minimum atomic E-state index is -0.272. The number of aromatic amines is 1. The normalized spacial score (nSPS) is 12.3. The highest BCUT2D eigenvalue weighted by atomic mass is 19.1. The number of halogens is 1. The Morgan fingerprint density at radius 3 is 3.05 bits per heavy atom. The van der Waals surface area contributed by atoms with Crippen molar-refractivity contribution in [1.82, 2.24) is 15.6 Å². The van der Waals surface area contributed by atoms with E-state index in [1.165, 1.54) is 12.1 Å². The minimum absolute atomic E-state index is 0.0490. The predicted molar refractivity (Wildman–Crippen MR) is 79.7 cm³/mol. The van der Waals surface area contributed by atoms with Gasteiger partial charge in [-0.3, -0.25) is 0 Å². The fourth-order valence-electron chi connectivity index (χ4n) is 2.22. The summed E-state index contributed by atoms with van der Waals surface area (Å²) in [5, 5.41) is 15.2. The van der Waals surface area contributed by atoms with Crippen LogP contribution in [0.3, 0.4) is 0 Å². The summed E-state index contributed by atoms with van der Waals surface area (Å²) in [6.45, 7) is 2.37. The van der Waals surface area contributed by atoms with Gasteiger partial charge in [0.05, 0.1) is 0 Å². The molecule has 0 unspecified atom stereocenters. The quantitative estimate of drug-likeness (QED) is 0.656. The van der Waals surface area contributed by atoms with Crippen LogP contribution in [-0.2, 0) is 6.42 Å². The SMILES string of the molecule is C[C@H](CCO)NC(=O)NCCc1c[nH]c2cc(F)ccc12. The van der Waals surface area contributed by atoms with Crippen LogP contribution in [0.5, 0.6) is 0 Å².